The average molecular weight is 357 g/mol. The van der Waals surface area contributed by atoms with Crippen molar-refractivity contribution in [1.82, 2.24) is 14.1 Å². The van der Waals surface area contributed by atoms with Crippen LogP contribution in [-0.2, 0) is 14.8 Å². The first-order valence-electron chi connectivity index (χ1n) is 7.59. The highest BCUT2D eigenvalue weighted by Crippen LogP contribution is 2.23. The quantitative estimate of drug-likeness (QED) is 0.732. The van der Waals surface area contributed by atoms with Crippen LogP contribution in [0.25, 0.3) is 0 Å². The first-order chi connectivity index (χ1) is 10.6. The zero-order valence-electron chi connectivity index (χ0n) is 13.0. The normalized spacial score (nSPS) is 23.2. The predicted molar refractivity (Wildman–Crippen MR) is 78.2 cm³/mol. The molecule has 0 spiro atoms. The Kier molecular flexibility index (Phi) is 5.57. The molecule has 0 bridgehead atoms. The van der Waals surface area contributed by atoms with Crippen molar-refractivity contribution in [3.05, 3.63) is 0 Å². The van der Waals surface area contributed by atoms with E-state index < -0.39 is 22.7 Å². The third kappa shape index (κ3) is 5.32. The van der Waals surface area contributed by atoms with Crippen molar-refractivity contribution in [3.63, 3.8) is 0 Å². The molecule has 0 aromatic heterocycles. The van der Waals surface area contributed by atoms with Crippen molar-refractivity contribution >= 4 is 15.9 Å². The van der Waals surface area contributed by atoms with E-state index in [1.807, 2.05) is 0 Å². The Morgan fingerprint density at radius 1 is 1.04 bits per heavy atom. The summed E-state index contributed by atoms with van der Waals surface area (Å²) in [5.74, 6) is -0.299. The van der Waals surface area contributed by atoms with E-state index in [2.05, 4.69) is 0 Å². The predicted octanol–water partition coefficient (Wildman–Crippen LogP) is 0.364. The molecule has 2 rings (SSSR count). The van der Waals surface area contributed by atoms with Gasteiger partial charge in [0.2, 0.25) is 15.9 Å². The summed E-state index contributed by atoms with van der Waals surface area (Å²) in [5, 5.41) is 0. The van der Waals surface area contributed by atoms with Crippen molar-refractivity contribution in [2.24, 2.45) is 5.92 Å². The Hall–Kier alpha value is -0.870. The largest absolute Gasteiger partial charge is 0.401 e. The second-order valence-corrected chi connectivity index (χ2v) is 8.14. The molecule has 2 heterocycles. The Morgan fingerprint density at radius 3 is 2.00 bits per heavy atom. The van der Waals surface area contributed by atoms with E-state index in [1.165, 1.54) is 9.21 Å². The van der Waals surface area contributed by atoms with Crippen LogP contribution in [0.1, 0.15) is 12.8 Å². The van der Waals surface area contributed by atoms with Crippen LogP contribution in [0.4, 0.5) is 13.2 Å². The van der Waals surface area contributed by atoms with Crippen LogP contribution in [0.5, 0.6) is 0 Å². The highest BCUT2D eigenvalue weighted by molar-refractivity contribution is 7.88. The van der Waals surface area contributed by atoms with Gasteiger partial charge in [-0.3, -0.25) is 9.69 Å². The molecule has 2 fully saturated rings. The topological polar surface area (TPSA) is 60.9 Å². The van der Waals surface area contributed by atoms with Crippen LogP contribution in [0.3, 0.4) is 0 Å². The molecule has 0 aromatic rings. The van der Waals surface area contributed by atoms with Gasteiger partial charge in [-0.25, -0.2) is 12.7 Å². The van der Waals surface area contributed by atoms with Gasteiger partial charge in [0, 0.05) is 45.2 Å². The molecular weight excluding hydrogens is 335 g/mol. The number of sulfonamides is 1. The summed E-state index contributed by atoms with van der Waals surface area (Å²) in [6, 6.07) is 0. The summed E-state index contributed by atoms with van der Waals surface area (Å²) >= 11 is 0. The number of amides is 1. The number of halogens is 3. The molecule has 2 aliphatic heterocycles. The number of carbonyl (C=O) groups excluding carboxylic acids is 1. The number of hydrogen-bond acceptors (Lipinski definition) is 4. The van der Waals surface area contributed by atoms with Crippen molar-refractivity contribution in [3.8, 4) is 0 Å². The van der Waals surface area contributed by atoms with E-state index in [9.17, 15) is 26.4 Å². The van der Waals surface area contributed by atoms with E-state index in [-0.39, 0.29) is 24.9 Å². The lowest BCUT2D eigenvalue weighted by Gasteiger charge is -2.38. The molecule has 0 atom stereocenters. The zero-order chi connectivity index (χ0) is 17.3. The molecule has 134 valence electrons. The molecular formula is C13H22F3N3O3S. The van der Waals surface area contributed by atoms with Gasteiger partial charge in [0.05, 0.1) is 12.8 Å². The Labute approximate surface area is 134 Å². The van der Waals surface area contributed by atoms with E-state index in [0.717, 1.165) is 6.26 Å². The van der Waals surface area contributed by atoms with Crippen LogP contribution in [0.2, 0.25) is 0 Å². The van der Waals surface area contributed by atoms with Gasteiger partial charge < -0.3 is 4.90 Å². The molecule has 6 nitrogen and oxygen atoms in total. The summed E-state index contributed by atoms with van der Waals surface area (Å²) in [7, 11) is -3.23. The molecule has 10 heteroatoms. The first-order valence-corrected chi connectivity index (χ1v) is 9.44. The summed E-state index contributed by atoms with van der Waals surface area (Å²) in [5.41, 5.74) is 0. The molecule has 0 unspecified atom stereocenters. The van der Waals surface area contributed by atoms with Gasteiger partial charge >= 0.3 is 6.18 Å². The van der Waals surface area contributed by atoms with Gasteiger partial charge in [-0.05, 0) is 12.8 Å². The van der Waals surface area contributed by atoms with Crippen LogP contribution < -0.4 is 0 Å². The van der Waals surface area contributed by atoms with E-state index in [4.69, 9.17) is 0 Å². The fourth-order valence-corrected chi connectivity index (χ4v) is 3.95. The van der Waals surface area contributed by atoms with E-state index >= 15 is 0 Å². The lowest BCUT2D eigenvalue weighted by Crippen LogP contribution is -2.53. The standard InChI is InChI=1S/C13H22F3N3O3S/c1-23(21,22)19-4-2-11(3-5-19)12(20)18-8-6-17(7-9-18)10-13(14,15)16/h11H,2-10H2,1H3. The Morgan fingerprint density at radius 2 is 1.57 bits per heavy atom. The number of rotatable bonds is 3. The molecule has 0 N–H and O–H groups in total. The second kappa shape index (κ2) is 6.94. The summed E-state index contributed by atoms with van der Waals surface area (Å²) in [4.78, 5) is 15.3. The number of piperidine rings is 1. The van der Waals surface area contributed by atoms with Crippen LogP contribution in [-0.4, -0.2) is 86.7 Å². The molecule has 0 radical (unpaired) electrons. The Balaban J connectivity index is 1.80. The molecule has 0 aromatic carbocycles. The van der Waals surface area contributed by atoms with Crippen LogP contribution >= 0.6 is 0 Å². The monoisotopic (exact) mass is 357 g/mol. The van der Waals surface area contributed by atoms with Gasteiger partial charge in [-0.2, -0.15) is 13.2 Å². The minimum absolute atomic E-state index is 0.0650. The molecule has 0 aliphatic carbocycles. The van der Waals surface area contributed by atoms with Gasteiger partial charge in [-0.15, -0.1) is 0 Å². The number of hydrogen-bond donors (Lipinski definition) is 0. The van der Waals surface area contributed by atoms with Gasteiger partial charge in [-0.1, -0.05) is 0 Å². The molecule has 2 aliphatic rings. The molecule has 23 heavy (non-hydrogen) atoms. The summed E-state index contributed by atoms with van der Waals surface area (Å²) < 4.78 is 61.3. The van der Waals surface area contributed by atoms with Crippen molar-refractivity contribution < 1.29 is 26.4 Å². The number of piperazine rings is 1. The summed E-state index contributed by atoms with van der Waals surface area (Å²) in [6.07, 6.45) is -2.14. The first kappa shape index (κ1) is 18.5. The summed E-state index contributed by atoms with van der Waals surface area (Å²) in [6.45, 7) is 0.720. The maximum absolute atomic E-state index is 12.4. The lowest BCUT2D eigenvalue weighted by atomic mass is 9.96. The highest BCUT2D eigenvalue weighted by Gasteiger charge is 2.35. The Bertz CT molecular complexity index is 522. The zero-order valence-corrected chi connectivity index (χ0v) is 13.9. The maximum atomic E-state index is 12.4. The third-order valence-corrected chi connectivity index (χ3v) is 5.66. The number of carbonyl (C=O) groups is 1. The molecule has 0 saturated carbocycles. The fourth-order valence-electron chi connectivity index (χ4n) is 3.07. The van der Waals surface area contributed by atoms with Gasteiger partial charge in [0.1, 0.15) is 0 Å². The van der Waals surface area contributed by atoms with E-state index in [1.54, 1.807) is 4.90 Å². The second-order valence-electron chi connectivity index (χ2n) is 6.15. The third-order valence-electron chi connectivity index (χ3n) is 4.36. The lowest BCUT2D eigenvalue weighted by molar-refractivity contribution is -0.153. The van der Waals surface area contributed by atoms with Gasteiger partial charge in [0.15, 0.2) is 0 Å². The fraction of sp³-hybridized carbons (Fsp3) is 0.923. The van der Waals surface area contributed by atoms with Gasteiger partial charge in [0.25, 0.3) is 0 Å². The van der Waals surface area contributed by atoms with Crippen molar-refractivity contribution in [2.45, 2.75) is 19.0 Å². The molecule has 2 saturated heterocycles. The minimum Gasteiger partial charge on any atom is -0.340 e. The van der Waals surface area contributed by atoms with E-state index in [0.29, 0.717) is 39.0 Å². The number of alkyl halides is 3. The molecule has 1 amide bonds. The highest BCUT2D eigenvalue weighted by atomic mass is 32.2. The minimum atomic E-state index is -4.22. The SMILES string of the molecule is CS(=O)(=O)N1CCC(C(=O)N2CCN(CC(F)(F)F)CC2)CC1. The number of nitrogens with zero attached hydrogens (tertiary/aromatic N) is 3. The van der Waals surface area contributed by atoms with Crippen molar-refractivity contribution in [2.75, 3.05) is 52.1 Å². The maximum Gasteiger partial charge on any atom is 0.401 e. The average Bonchev–Trinajstić information content (AvgIpc) is 2.45. The smallest absolute Gasteiger partial charge is 0.340 e. The van der Waals surface area contributed by atoms with Crippen LogP contribution in [0.15, 0.2) is 0 Å². The van der Waals surface area contributed by atoms with Crippen molar-refractivity contribution in [1.29, 1.82) is 0 Å². The van der Waals surface area contributed by atoms with Crippen LogP contribution in [0, 0.1) is 5.92 Å².